The summed E-state index contributed by atoms with van der Waals surface area (Å²) in [4.78, 5) is 31.5. The van der Waals surface area contributed by atoms with Crippen LogP contribution in [0, 0.1) is 0 Å². The largest absolute Gasteiger partial charge is 0.508 e. The molecule has 2 atom stereocenters. The molecule has 0 aliphatic carbocycles. The summed E-state index contributed by atoms with van der Waals surface area (Å²) >= 11 is 0. The van der Waals surface area contributed by atoms with Crippen LogP contribution in [-0.4, -0.2) is 105 Å². The van der Waals surface area contributed by atoms with Crippen molar-refractivity contribution in [1.29, 1.82) is 0 Å². The van der Waals surface area contributed by atoms with E-state index in [1.807, 2.05) is 20.8 Å². The Bertz CT molecular complexity index is 1780. The number of nitrogens with zero attached hydrogens (tertiary/aromatic N) is 3. The van der Waals surface area contributed by atoms with E-state index in [4.69, 9.17) is 0 Å². The van der Waals surface area contributed by atoms with Gasteiger partial charge in [0.05, 0.1) is 21.9 Å². The highest BCUT2D eigenvalue weighted by atomic mass is 32.2. The van der Waals surface area contributed by atoms with Gasteiger partial charge in [-0.3, -0.25) is 9.59 Å². The molecule has 3 rings (SSSR count). The van der Waals surface area contributed by atoms with E-state index in [9.17, 15) is 36.6 Å². The van der Waals surface area contributed by atoms with Crippen molar-refractivity contribution in [3.63, 3.8) is 0 Å². The highest BCUT2D eigenvalue weighted by Gasteiger charge is 2.29. The summed E-state index contributed by atoms with van der Waals surface area (Å²) in [5.74, 6) is -1.14. The second kappa shape index (κ2) is 18.4. The molecule has 0 spiro atoms. The number of aliphatic hydroxyl groups excluding tert-OH is 1. The lowest BCUT2D eigenvalue weighted by Crippen LogP contribution is -2.53. The van der Waals surface area contributed by atoms with Crippen molar-refractivity contribution in [2.75, 3.05) is 40.3 Å². The minimum absolute atomic E-state index is 0.0237. The first kappa shape index (κ1) is 40.6. The predicted octanol–water partition coefficient (Wildman–Crippen LogP) is 3.21. The molecule has 0 aliphatic rings. The molecule has 3 aromatic rings. The second-order valence-corrected chi connectivity index (χ2v) is 16.0. The molecule has 0 bridgehead atoms. The molecule has 15 heteroatoms. The molecule has 0 heterocycles. The third kappa shape index (κ3) is 11.1. The Labute approximate surface area is 296 Å². The van der Waals surface area contributed by atoms with Crippen LogP contribution in [0.15, 0.2) is 82.6 Å². The Morgan fingerprint density at radius 1 is 0.780 bits per heavy atom. The zero-order valence-electron chi connectivity index (χ0n) is 29.2. The van der Waals surface area contributed by atoms with Crippen LogP contribution in [-0.2, 0) is 26.5 Å². The lowest BCUT2D eigenvalue weighted by molar-refractivity contribution is 0.0618. The van der Waals surface area contributed by atoms with Crippen LogP contribution in [0.2, 0.25) is 0 Å². The number of hydrogen-bond donors (Lipinski definition) is 4. The maximum absolute atomic E-state index is 14.0. The predicted molar refractivity (Wildman–Crippen MR) is 191 cm³/mol. The van der Waals surface area contributed by atoms with Crippen LogP contribution in [0.25, 0.3) is 0 Å². The van der Waals surface area contributed by atoms with Crippen LogP contribution in [0.1, 0.15) is 66.3 Å². The number of nitrogens with one attached hydrogen (secondary N) is 2. The average molecular weight is 732 g/mol. The Morgan fingerprint density at radius 3 is 1.92 bits per heavy atom. The zero-order chi connectivity index (χ0) is 37.1. The first-order chi connectivity index (χ1) is 23.6. The molecule has 0 fully saturated rings. The van der Waals surface area contributed by atoms with Crippen molar-refractivity contribution < 1.29 is 36.6 Å². The number of carbonyl (C=O) groups is 2. The third-order valence-electron chi connectivity index (χ3n) is 7.85. The van der Waals surface area contributed by atoms with E-state index in [1.54, 1.807) is 35.2 Å². The molecule has 0 saturated heterocycles. The number of sulfonamides is 2. The quantitative estimate of drug-likeness (QED) is 0.135. The lowest BCUT2D eigenvalue weighted by Gasteiger charge is -2.30. The van der Waals surface area contributed by atoms with Gasteiger partial charge in [0.2, 0.25) is 10.0 Å². The van der Waals surface area contributed by atoms with E-state index in [0.717, 1.165) is 4.31 Å². The number of hydrazine groups is 1. The maximum atomic E-state index is 14.0. The molecule has 2 amide bonds. The summed E-state index contributed by atoms with van der Waals surface area (Å²) in [6, 6.07) is 16.7. The van der Waals surface area contributed by atoms with Gasteiger partial charge in [0.1, 0.15) is 5.75 Å². The second-order valence-electron chi connectivity index (χ2n) is 12.2. The van der Waals surface area contributed by atoms with Gasteiger partial charge in [-0.05, 0) is 73.7 Å². The molecule has 4 N–H and O–H groups in total. The minimum Gasteiger partial charge on any atom is -0.508 e. The van der Waals surface area contributed by atoms with Crippen molar-refractivity contribution in [1.82, 2.24) is 24.4 Å². The fraction of sp³-hybridized carbons (Fsp3) is 0.429. The number of carbonyl (C=O) groups excluding carboxylic acids is 2. The van der Waals surface area contributed by atoms with Gasteiger partial charge in [-0.15, -0.1) is 4.83 Å². The van der Waals surface area contributed by atoms with Gasteiger partial charge in [0, 0.05) is 51.4 Å². The molecule has 0 radical (unpaired) electrons. The minimum atomic E-state index is -4.06. The Hall–Kier alpha value is -3.86. The topological polar surface area (TPSA) is 177 Å². The molecule has 0 aliphatic heterocycles. The molecule has 2 unspecified atom stereocenters. The van der Waals surface area contributed by atoms with Gasteiger partial charge < -0.3 is 20.4 Å². The van der Waals surface area contributed by atoms with Crippen LogP contribution in [0.4, 0.5) is 0 Å². The van der Waals surface area contributed by atoms with E-state index in [0.29, 0.717) is 37.9 Å². The van der Waals surface area contributed by atoms with Crippen molar-refractivity contribution in [3.8, 4) is 5.75 Å². The number of aromatic hydroxyl groups is 1. The van der Waals surface area contributed by atoms with E-state index < -0.39 is 44.0 Å². The molecular formula is C35H49N5O8S2. The first-order valence-corrected chi connectivity index (χ1v) is 19.5. The fourth-order valence-corrected chi connectivity index (χ4v) is 7.39. The van der Waals surface area contributed by atoms with Gasteiger partial charge in [-0.2, -0.15) is 0 Å². The standard InChI is InChI=1S/C35H49N5O8S2/c1-6-18-39(19-7-2)35(44)28-22-27(23-31(24-28)50(47,48)38(4)5)34(43)36-32(21-26-14-16-29(41)17-15-26)33(42)25-40(20-8-3)37-49(45,46)30-12-10-9-11-13-30/h9-17,22-24,32-33,37,41-42H,6-8,18-21,25H2,1-5H3,(H,36,43). The van der Waals surface area contributed by atoms with Gasteiger partial charge in [-0.25, -0.2) is 26.1 Å². The van der Waals surface area contributed by atoms with Gasteiger partial charge in [-0.1, -0.05) is 51.1 Å². The summed E-state index contributed by atoms with van der Waals surface area (Å²) in [6.45, 7) is 6.62. The first-order valence-electron chi connectivity index (χ1n) is 16.6. The average Bonchev–Trinajstić information content (AvgIpc) is 3.08. The molecule has 0 saturated carbocycles. The monoisotopic (exact) mass is 731 g/mol. The Kier molecular flexibility index (Phi) is 14.9. The van der Waals surface area contributed by atoms with E-state index >= 15 is 0 Å². The van der Waals surface area contributed by atoms with Gasteiger partial charge in [0.15, 0.2) is 0 Å². The summed E-state index contributed by atoms with van der Waals surface area (Å²) in [5.41, 5.74) is 0.566. The van der Waals surface area contributed by atoms with E-state index in [1.165, 1.54) is 61.6 Å². The van der Waals surface area contributed by atoms with Crippen LogP contribution in [0.5, 0.6) is 5.75 Å². The number of amides is 2. The van der Waals surface area contributed by atoms with Crippen molar-refractivity contribution in [3.05, 3.63) is 89.5 Å². The fourth-order valence-electron chi connectivity index (χ4n) is 5.29. The molecule has 0 aromatic heterocycles. The van der Waals surface area contributed by atoms with Crippen molar-refractivity contribution in [2.45, 2.75) is 68.4 Å². The number of rotatable bonds is 19. The van der Waals surface area contributed by atoms with Gasteiger partial charge >= 0.3 is 0 Å². The Balaban J connectivity index is 2.01. The van der Waals surface area contributed by atoms with Crippen molar-refractivity contribution in [2.24, 2.45) is 0 Å². The third-order valence-corrected chi connectivity index (χ3v) is 11.0. The van der Waals surface area contributed by atoms with Crippen molar-refractivity contribution >= 4 is 31.9 Å². The molecular weight excluding hydrogens is 683 g/mol. The number of benzene rings is 3. The Morgan fingerprint density at radius 2 is 1.36 bits per heavy atom. The van der Waals surface area contributed by atoms with Crippen LogP contribution in [0.3, 0.4) is 0 Å². The number of hydrogen-bond acceptors (Lipinski definition) is 9. The molecule has 3 aromatic carbocycles. The summed E-state index contributed by atoms with van der Waals surface area (Å²) in [5, 5.41) is 25.5. The number of aliphatic hydroxyl groups is 1. The molecule has 274 valence electrons. The van der Waals surface area contributed by atoms with Crippen LogP contribution >= 0.6 is 0 Å². The summed E-state index contributed by atoms with van der Waals surface area (Å²) < 4.78 is 53.7. The molecule has 13 nitrogen and oxygen atoms in total. The van der Waals surface area contributed by atoms with E-state index in [-0.39, 0.29) is 46.2 Å². The smallest absolute Gasteiger partial charge is 0.253 e. The number of phenolic OH excluding ortho intramolecular Hbond substituents is 1. The lowest BCUT2D eigenvalue weighted by atomic mass is 9.99. The number of phenols is 1. The SMILES string of the molecule is CCCN(CC(O)C(Cc1ccc(O)cc1)NC(=O)c1cc(C(=O)N(CCC)CCC)cc(S(=O)(=O)N(C)C)c1)NS(=O)(=O)c1ccccc1. The zero-order valence-corrected chi connectivity index (χ0v) is 30.9. The van der Waals surface area contributed by atoms with E-state index in [2.05, 4.69) is 10.1 Å². The maximum Gasteiger partial charge on any atom is 0.253 e. The highest BCUT2D eigenvalue weighted by Crippen LogP contribution is 2.21. The molecule has 50 heavy (non-hydrogen) atoms. The highest BCUT2D eigenvalue weighted by molar-refractivity contribution is 7.89. The summed E-state index contributed by atoms with van der Waals surface area (Å²) in [7, 11) is -5.35. The summed E-state index contributed by atoms with van der Waals surface area (Å²) in [6.07, 6.45) is 0.637. The van der Waals surface area contributed by atoms with Crippen LogP contribution < -0.4 is 10.1 Å². The normalized spacial score (nSPS) is 13.3. The van der Waals surface area contributed by atoms with Gasteiger partial charge in [0.25, 0.3) is 21.8 Å².